The first-order valence-electron chi connectivity index (χ1n) is 5.88. The highest BCUT2D eigenvalue weighted by molar-refractivity contribution is 6.30. The Kier molecular flexibility index (Phi) is 3.04. The molecule has 0 saturated heterocycles. The first kappa shape index (κ1) is 12.5. The second kappa shape index (κ2) is 4.86. The quantitative estimate of drug-likeness (QED) is 0.677. The van der Waals surface area contributed by atoms with Crippen LogP contribution in [-0.4, -0.2) is 21.0 Å². The number of aromatic hydroxyl groups is 1. The molecule has 100 valence electrons. The van der Waals surface area contributed by atoms with Crippen molar-refractivity contribution < 1.29 is 9.90 Å². The molecule has 3 rings (SSSR count). The minimum Gasteiger partial charge on any atom is -0.507 e. The van der Waals surface area contributed by atoms with E-state index in [1.54, 1.807) is 0 Å². The maximum atomic E-state index is 12.0. The number of hydrogen-bond donors (Lipinski definition) is 3. The van der Waals surface area contributed by atoms with Gasteiger partial charge in [0.15, 0.2) is 0 Å². The largest absolute Gasteiger partial charge is 0.507 e. The predicted octanol–water partition coefficient (Wildman–Crippen LogP) is 3.17. The fraction of sp³-hybridized carbons (Fsp3) is 0. The molecule has 0 fully saturated rings. The van der Waals surface area contributed by atoms with Gasteiger partial charge in [-0.15, -0.1) is 0 Å². The number of amides is 1. The summed E-state index contributed by atoms with van der Waals surface area (Å²) in [7, 11) is 0. The summed E-state index contributed by atoms with van der Waals surface area (Å²) in [6.45, 7) is 0. The maximum Gasteiger partial charge on any atom is 0.261 e. The topological polar surface area (TPSA) is 78.0 Å². The molecule has 20 heavy (non-hydrogen) atoms. The van der Waals surface area contributed by atoms with Crippen molar-refractivity contribution in [1.29, 1.82) is 0 Å². The van der Waals surface area contributed by atoms with Crippen LogP contribution in [0.5, 0.6) is 5.75 Å². The SMILES string of the molecule is O=C(Nc1nc2ccccc2[nH]1)c1ccc(Cl)cc1O. The molecule has 0 saturated carbocycles. The van der Waals surface area contributed by atoms with Crippen LogP contribution in [0.2, 0.25) is 5.02 Å². The summed E-state index contributed by atoms with van der Waals surface area (Å²) < 4.78 is 0. The van der Waals surface area contributed by atoms with E-state index in [4.69, 9.17) is 11.6 Å². The van der Waals surface area contributed by atoms with Gasteiger partial charge in [0.05, 0.1) is 16.6 Å². The number of halogens is 1. The molecule has 1 heterocycles. The van der Waals surface area contributed by atoms with E-state index < -0.39 is 5.91 Å². The lowest BCUT2D eigenvalue weighted by molar-refractivity contribution is 0.102. The van der Waals surface area contributed by atoms with Crippen LogP contribution in [0.1, 0.15) is 10.4 Å². The summed E-state index contributed by atoms with van der Waals surface area (Å²) in [4.78, 5) is 19.3. The zero-order valence-corrected chi connectivity index (χ0v) is 11.0. The molecule has 0 aliphatic carbocycles. The van der Waals surface area contributed by atoms with Crippen LogP contribution in [-0.2, 0) is 0 Å². The summed E-state index contributed by atoms with van der Waals surface area (Å²) in [6.07, 6.45) is 0. The Balaban J connectivity index is 1.88. The predicted molar refractivity (Wildman–Crippen MR) is 77.2 cm³/mol. The Bertz CT molecular complexity index is 765. The minimum absolute atomic E-state index is 0.134. The number of aromatic nitrogens is 2. The fourth-order valence-electron chi connectivity index (χ4n) is 1.88. The van der Waals surface area contributed by atoms with Gasteiger partial charge in [0.2, 0.25) is 5.95 Å². The third kappa shape index (κ3) is 2.31. The average Bonchev–Trinajstić information content (AvgIpc) is 2.80. The summed E-state index contributed by atoms with van der Waals surface area (Å²) in [6, 6.07) is 11.7. The maximum absolute atomic E-state index is 12.0. The number of aromatic amines is 1. The van der Waals surface area contributed by atoms with Crippen LogP contribution < -0.4 is 5.32 Å². The van der Waals surface area contributed by atoms with E-state index in [0.29, 0.717) is 11.0 Å². The molecule has 1 aromatic heterocycles. The molecule has 0 aliphatic heterocycles. The molecule has 0 radical (unpaired) electrons. The van der Waals surface area contributed by atoms with Crippen LogP contribution in [0.15, 0.2) is 42.5 Å². The second-order valence-electron chi connectivity index (χ2n) is 4.22. The number of para-hydroxylation sites is 2. The number of carbonyl (C=O) groups is 1. The van der Waals surface area contributed by atoms with Crippen molar-refractivity contribution in [2.24, 2.45) is 0 Å². The van der Waals surface area contributed by atoms with Crippen LogP contribution >= 0.6 is 11.6 Å². The van der Waals surface area contributed by atoms with Gasteiger partial charge < -0.3 is 10.1 Å². The number of imidazole rings is 1. The number of H-pyrrole nitrogens is 1. The number of carbonyl (C=O) groups excluding carboxylic acids is 1. The molecule has 0 bridgehead atoms. The van der Waals surface area contributed by atoms with Gasteiger partial charge in [-0.05, 0) is 30.3 Å². The van der Waals surface area contributed by atoms with Crippen LogP contribution in [0.4, 0.5) is 5.95 Å². The second-order valence-corrected chi connectivity index (χ2v) is 4.65. The van der Waals surface area contributed by atoms with E-state index >= 15 is 0 Å². The smallest absolute Gasteiger partial charge is 0.261 e. The zero-order valence-electron chi connectivity index (χ0n) is 10.2. The molecule has 1 amide bonds. The monoisotopic (exact) mass is 287 g/mol. The van der Waals surface area contributed by atoms with Gasteiger partial charge in [-0.3, -0.25) is 10.1 Å². The van der Waals surface area contributed by atoms with Gasteiger partial charge in [-0.2, -0.15) is 0 Å². The first-order valence-corrected chi connectivity index (χ1v) is 6.26. The number of nitrogens with zero attached hydrogens (tertiary/aromatic N) is 1. The lowest BCUT2D eigenvalue weighted by Crippen LogP contribution is -2.13. The molecule has 0 atom stereocenters. The minimum atomic E-state index is -0.460. The van der Waals surface area contributed by atoms with E-state index in [-0.39, 0.29) is 11.3 Å². The zero-order chi connectivity index (χ0) is 14.1. The molecule has 0 aliphatic rings. The Hall–Kier alpha value is -2.53. The molecule has 6 heteroatoms. The van der Waals surface area contributed by atoms with Crippen molar-refractivity contribution in [2.75, 3.05) is 5.32 Å². The molecule has 2 aromatic carbocycles. The lowest BCUT2D eigenvalue weighted by Gasteiger charge is -2.04. The summed E-state index contributed by atoms with van der Waals surface area (Å²) in [5, 5.41) is 12.7. The molecule has 3 aromatic rings. The number of phenolic OH excluding ortho intramolecular Hbond substituents is 1. The van der Waals surface area contributed by atoms with E-state index in [2.05, 4.69) is 15.3 Å². The normalized spacial score (nSPS) is 10.7. The van der Waals surface area contributed by atoms with Crippen LogP contribution in [0, 0.1) is 0 Å². The van der Waals surface area contributed by atoms with Gasteiger partial charge in [0.25, 0.3) is 5.91 Å². The third-order valence-corrected chi connectivity index (χ3v) is 3.06. The van der Waals surface area contributed by atoms with E-state index in [1.807, 2.05) is 24.3 Å². The van der Waals surface area contributed by atoms with E-state index in [9.17, 15) is 9.90 Å². The van der Waals surface area contributed by atoms with Crippen molar-refractivity contribution in [2.45, 2.75) is 0 Å². The van der Waals surface area contributed by atoms with Gasteiger partial charge in [0, 0.05) is 5.02 Å². The molecule has 5 nitrogen and oxygen atoms in total. The molecular formula is C14H10ClN3O2. The Morgan fingerprint density at radius 3 is 2.80 bits per heavy atom. The number of benzene rings is 2. The van der Waals surface area contributed by atoms with Crippen molar-refractivity contribution in [3.8, 4) is 5.75 Å². The van der Waals surface area contributed by atoms with Crippen LogP contribution in [0.3, 0.4) is 0 Å². The number of phenols is 1. The Morgan fingerprint density at radius 1 is 1.25 bits per heavy atom. The standard InChI is InChI=1S/C14H10ClN3O2/c15-8-5-6-9(12(19)7-8)13(20)18-14-16-10-3-1-2-4-11(10)17-14/h1-7,19H,(H2,16,17,18,20). The van der Waals surface area contributed by atoms with Crippen LogP contribution in [0.25, 0.3) is 11.0 Å². The number of rotatable bonds is 2. The number of hydrogen-bond acceptors (Lipinski definition) is 3. The first-order chi connectivity index (χ1) is 9.63. The Morgan fingerprint density at radius 2 is 2.05 bits per heavy atom. The summed E-state index contributed by atoms with van der Waals surface area (Å²) in [5.74, 6) is -0.310. The number of fused-ring (bicyclic) bond motifs is 1. The highest BCUT2D eigenvalue weighted by Crippen LogP contribution is 2.23. The van der Waals surface area contributed by atoms with Crippen molar-refractivity contribution in [3.63, 3.8) is 0 Å². The number of anilines is 1. The van der Waals surface area contributed by atoms with Gasteiger partial charge >= 0.3 is 0 Å². The van der Waals surface area contributed by atoms with Crippen molar-refractivity contribution in [3.05, 3.63) is 53.1 Å². The van der Waals surface area contributed by atoms with Gasteiger partial charge in [-0.1, -0.05) is 23.7 Å². The van der Waals surface area contributed by atoms with E-state index in [0.717, 1.165) is 11.0 Å². The highest BCUT2D eigenvalue weighted by Gasteiger charge is 2.13. The summed E-state index contributed by atoms with van der Waals surface area (Å²) in [5.41, 5.74) is 1.71. The highest BCUT2D eigenvalue weighted by atomic mass is 35.5. The molecule has 0 unspecified atom stereocenters. The summed E-state index contributed by atoms with van der Waals surface area (Å²) >= 11 is 5.73. The van der Waals surface area contributed by atoms with Gasteiger partial charge in [0.1, 0.15) is 5.75 Å². The fourth-order valence-corrected chi connectivity index (χ4v) is 2.05. The van der Waals surface area contributed by atoms with E-state index in [1.165, 1.54) is 18.2 Å². The van der Waals surface area contributed by atoms with Crippen molar-refractivity contribution >= 4 is 34.5 Å². The van der Waals surface area contributed by atoms with Crippen molar-refractivity contribution in [1.82, 2.24) is 9.97 Å². The molecule has 0 spiro atoms. The number of nitrogens with one attached hydrogen (secondary N) is 2. The molecule has 3 N–H and O–H groups in total. The molecular weight excluding hydrogens is 278 g/mol. The third-order valence-electron chi connectivity index (χ3n) is 2.83. The average molecular weight is 288 g/mol. The Labute approximate surface area is 119 Å². The van der Waals surface area contributed by atoms with Gasteiger partial charge in [-0.25, -0.2) is 4.98 Å². The lowest BCUT2D eigenvalue weighted by atomic mass is 10.2.